The predicted molar refractivity (Wildman–Crippen MR) is 96.2 cm³/mol. The van der Waals surface area contributed by atoms with Gasteiger partial charge in [0, 0.05) is 34.8 Å². The first-order valence-corrected chi connectivity index (χ1v) is 8.57. The average molecular weight is 340 g/mol. The van der Waals surface area contributed by atoms with Crippen LogP contribution < -0.4 is 0 Å². The lowest BCUT2D eigenvalue weighted by Gasteiger charge is -2.30. The number of para-hydroxylation sites is 2. The van der Waals surface area contributed by atoms with Crippen LogP contribution in [0.15, 0.2) is 48.5 Å². The van der Waals surface area contributed by atoms with E-state index in [1.54, 1.807) is 6.92 Å². The number of hydrogen-bond donors (Lipinski definition) is 1. The summed E-state index contributed by atoms with van der Waals surface area (Å²) in [7, 11) is 0. The lowest BCUT2D eigenvalue weighted by molar-refractivity contribution is -0.134. The molecule has 0 bridgehead atoms. The van der Waals surface area contributed by atoms with Crippen molar-refractivity contribution in [1.82, 2.24) is 9.47 Å². The van der Waals surface area contributed by atoms with Gasteiger partial charge in [0.1, 0.15) is 0 Å². The Labute approximate surface area is 145 Å². The number of β-amino-alcohol motifs (C(OH)–C–C–N with tert-alkyl or cyclic N) is 1. The van der Waals surface area contributed by atoms with Crippen molar-refractivity contribution in [1.29, 1.82) is 0 Å². The van der Waals surface area contributed by atoms with E-state index in [0.717, 1.165) is 21.8 Å². The van der Waals surface area contributed by atoms with Gasteiger partial charge in [-0.2, -0.15) is 0 Å². The Kier molecular flexibility index (Phi) is 3.76. The largest absolute Gasteiger partial charge is 0.386 e. The molecule has 4 nitrogen and oxygen atoms in total. The molecule has 1 fully saturated rings. The minimum atomic E-state index is -1.43. The van der Waals surface area contributed by atoms with E-state index in [0.29, 0.717) is 13.1 Å². The van der Waals surface area contributed by atoms with E-state index in [-0.39, 0.29) is 13.0 Å². The zero-order valence-corrected chi connectivity index (χ0v) is 14.2. The van der Waals surface area contributed by atoms with Crippen LogP contribution in [0.5, 0.6) is 0 Å². The first-order valence-electron chi connectivity index (χ1n) is 8.57. The number of carbonyl (C=O) groups is 1. The van der Waals surface area contributed by atoms with Gasteiger partial charge in [-0.3, -0.25) is 4.79 Å². The molecular weight excluding hydrogens is 319 g/mol. The van der Waals surface area contributed by atoms with Crippen LogP contribution in [-0.4, -0.2) is 45.3 Å². The van der Waals surface area contributed by atoms with Crippen molar-refractivity contribution in [3.05, 3.63) is 48.5 Å². The number of fused-ring (bicyclic) bond motifs is 3. The van der Waals surface area contributed by atoms with Gasteiger partial charge in [0.05, 0.1) is 18.7 Å². The van der Waals surface area contributed by atoms with Crippen molar-refractivity contribution in [2.45, 2.75) is 31.7 Å². The number of carbonyl (C=O) groups excluding carboxylic acids is 1. The molecule has 0 spiro atoms. The molecule has 1 saturated heterocycles. The van der Waals surface area contributed by atoms with Gasteiger partial charge >= 0.3 is 0 Å². The maximum absolute atomic E-state index is 13.5. The monoisotopic (exact) mass is 340 g/mol. The molecule has 4 rings (SSSR count). The van der Waals surface area contributed by atoms with Crippen molar-refractivity contribution < 1.29 is 14.3 Å². The summed E-state index contributed by atoms with van der Waals surface area (Å²) in [4.78, 5) is 13.3. The Morgan fingerprint density at radius 2 is 1.64 bits per heavy atom. The number of benzene rings is 2. The molecule has 0 unspecified atom stereocenters. The first-order chi connectivity index (χ1) is 12.0. The Balaban J connectivity index is 1.70. The molecule has 130 valence electrons. The summed E-state index contributed by atoms with van der Waals surface area (Å²) in [6.07, 6.45) is -1.21. The van der Waals surface area contributed by atoms with Gasteiger partial charge in [-0.05, 0) is 19.1 Å². The van der Waals surface area contributed by atoms with Crippen molar-refractivity contribution in [3.63, 3.8) is 0 Å². The maximum atomic E-state index is 13.5. The third-order valence-electron chi connectivity index (χ3n) is 4.94. The number of nitrogens with zero attached hydrogens (tertiary/aromatic N) is 2. The summed E-state index contributed by atoms with van der Waals surface area (Å²) in [6.45, 7) is 2.54. The molecule has 1 aliphatic rings. The number of halogens is 1. The predicted octanol–water partition coefficient (Wildman–Crippen LogP) is 3.12. The van der Waals surface area contributed by atoms with E-state index < -0.39 is 17.7 Å². The highest BCUT2D eigenvalue weighted by molar-refractivity contribution is 6.07. The smallest absolute Gasteiger partial charge is 0.257 e. The van der Waals surface area contributed by atoms with Crippen LogP contribution >= 0.6 is 0 Å². The summed E-state index contributed by atoms with van der Waals surface area (Å²) >= 11 is 0. The highest BCUT2D eigenvalue weighted by atomic mass is 19.1. The molecule has 1 amide bonds. The molecule has 2 heterocycles. The molecule has 0 saturated carbocycles. The first kappa shape index (κ1) is 16.1. The Bertz CT molecular complexity index is 894. The second-order valence-corrected chi connectivity index (χ2v) is 7.13. The second kappa shape index (κ2) is 5.85. The maximum Gasteiger partial charge on any atom is 0.257 e. The lowest BCUT2D eigenvalue weighted by atomic mass is 10.1. The van der Waals surface area contributed by atoms with Crippen LogP contribution in [0.25, 0.3) is 21.8 Å². The van der Waals surface area contributed by atoms with Crippen LogP contribution in [0.2, 0.25) is 0 Å². The Hall–Kier alpha value is -2.40. The highest BCUT2D eigenvalue weighted by Gasteiger charge is 2.36. The topological polar surface area (TPSA) is 45.5 Å². The summed E-state index contributed by atoms with van der Waals surface area (Å²) in [5, 5.41) is 13.2. The third-order valence-corrected chi connectivity index (χ3v) is 4.94. The molecule has 5 heteroatoms. The zero-order valence-electron chi connectivity index (χ0n) is 14.2. The minimum absolute atomic E-state index is 0.132. The van der Waals surface area contributed by atoms with E-state index in [2.05, 4.69) is 16.7 Å². The fourth-order valence-electron chi connectivity index (χ4n) is 3.83. The second-order valence-electron chi connectivity index (χ2n) is 7.13. The van der Waals surface area contributed by atoms with Crippen LogP contribution in [0.3, 0.4) is 0 Å². The minimum Gasteiger partial charge on any atom is -0.386 e. The number of amides is 1. The van der Waals surface area contributed by atoms with Gasteiger partial charge < -0.3 is 14.6 Å². The molecule has 2 aromatic carbocycles. The number of aromatic nitrogens is 1. The van der Waals surface area contributed by atoms with Crippen molar-refractivity contribution >= 4 is 27.7 Å². The van der Waals surface area contributed by atoms with Crippen molar-refractivity contribution in [2.24, 2.45) is 0 Å². The fraction of sp³-hybridized carbons (Fsp3) is 0.350. The summed E-state index contributed by atoms with van der Waals surface area (Å²) in [5.74, 6) is -0.512. The van der Waals surface area contributed by atoms with Gasteiger partial charge in [-0.1, -0.05) is 36.4 Å². The summed E-state index contributed by atoms with van der Waals surface area (Å²) < 4.78 is 15.5. The fourth-order valence-corrected chi connectivity index (χ4v) is 3.83. The summed E-state index contributed by atoms with van der Waals surface area (Å²) in [6, 6.07) is 16.2. The van der Waals surface area contributed by atoms with Gasteiger partial charge in [-0.15, -0.1) is 0 Å². The number of likely N-dealkylation sites (tertiary alicyclic amines) is 1. The van der Waals surface area contributed by atoms with E-state index in [1.807, 2.05) is 36.4 Å². The molecule has 0 radical (unpaired) electrons. The van der Waals surface area contributed by atoms with Crippen LogP contribution in [0.1, 0.15) is 13.3 Å². The number of aliphatic hydroxyl groups is 1. The third kappa shape index (κ3) is 2.78. The molecule has 0 aliphatic carbocycles. The molecule has 1 aliphatic heterocycles. The van der Waals surface area contributed by atoms with E-state index >= 15 is 0 Å². The Morgan fingerprint density at radius 1 is 1.08 bits per heavy atom. The van der Waals surface area contributed by atoms with Gasteiger partial charge in [0.25, 0.3) is 5.91 Å². The standard InChI is InChI=1S/C20H21FN2O2/c1-20(25,12-22-11-10-16(21)19(22)24)13-23-17-8-4-2-6-14(17)15-7-3-5-9-18(15)23/h2-9,16,25H,10-13H2,1H3/t16-,20-/m0/s1. The quantitative estimate of drug-likeness (QED) is 0.793. The SMILES string of the molecule is C[C@](O)(CN1CC[C@H](F)C1=O)Cn1c2ccccc2c2ccccc21. The molecule has 1 aromatic heterocycles. The van der Waals surface area contributed by atoms with Gasteiger partial charge in [0.2, 0.25) is 0 Å². The van der Waals surface area contributed by atoms with Crippen LogP contribution in [0, 0.1) is 0 Å². The molecule has 25 heavy (non-hydrogen) atoms. The summed E-state index contributed by atoms with van der Waals surface area (Å²) in [5.41, 5.74) is 0.935. The molecular formula is C20H21FN2O2. The lowest BCUT2D eigenvalue weighted by Crippen LogP contribution is -2.45. The van der Waals surface area contributed by atoms with Crippen molar-refractivity contribution in [3.8, 4) is 0 Å². The van der Waals surface area contributed by atoms with Crippen LogP contribution in [-0.2, 0) is 11.3 Å². The van der Waals surface area contributed by atoms with Crippen molar-refractivity contribution in [2.75, 3.05) is 13.1 Å². The Morgan fingerprint density at radius 3 is 2.16 bits per heavy atom. The normalized spacial score (nSPS) is 20.5. The molecule has 1 N–H and O–H groups in total. The number of alkyl halides is 1. The average Bonchev–Trinajstić information content (AvgIpc) is 3.08. The van der Waals surface area contributed by atoms with E-state index in [9.17, 15) is 14.3 Å². The van der Waals surface area contributed by atoms with E-state index in [1.165, 1.54) is 4.90 Å². The number of hydrogen-bond acceptors (Lipinski definition) is 2. The van der Waals surface area contributed by atoms with E-state index in [4.69, 9.17) is 0 Å². The number of rotatable bonds is 4. The highest BCUT2D eigenvalue weighted by Crippen LogP contribution is 2.30. The zero-order chi connectivity index (χ0) is 17.6. The molecule has 2 atom stereocenters. The van der Waals surface area contributed by atoms with Gasteiger partial charge in [-0.25, -0.2) is 4.39 Å². The van der Waals surface area contributed by atoms with Crippen LogP contribution in [0.4, 0.5) is 4.39 Å². The van der Waals surface area contributed by atoms with Gasteiger partial charge in [0.15, 0.2) is 6.17 Å². The molecule has 3 aromatic rings.